The summed E-state index contributed by atoms with van der Waals surface area (Å²) in [6.45, 7) is 8.66. The Morgan fingerprint density at radius 3 is 2.41 bits per heavy atom. The summed E-state index contributed by atoms with van der Waals surface area (Å²) in [4.78, 5) is 13.9. The van der Waals surface area contributed by atoms with Gasteiger partial charge in [-0.15, -0.1) is 0 Å². The number of likely N-dealkylation sites (tertiary alicyclic amines) is 1. The van der Waals surface area contributed by atoms with Gasteiger partial charge in [0.25, 0.3) is 0 Å². The highest BCUT2D eigenvalue weighted by atomic mass is 16.5. The van der Waals surface area contributed by atoms with Crippen LogP contribution in [-0.2, 0) is 9.47 Å². The zero-order chi connectivity index (χ0) is 18.1. The van der Waals surface area contributed by atoms with Gasteiger partial charge in [0.05, 0.1) is 26.4 Å². The van der Waals surface area contributed by atoms with Crippen LogP contribution in [0.15, 0.2) is 30.9 Å². The summed E-state index contributed by atoms with van der Waals surface area (Å²) in [5, 5.41) is 4.26. The normalized spacial score (nSPS) is 27.0. The first kappa shape index (κ1) is 17.1. The summed E-state index contributed by atoms with van der Waals surface area (Å²) in [6.07, 6.45) is 5.31. The second kappa shape index (κ2) is 7.53. The van der Waals surface area contributed by atoms with Crippen LogP contribution in [0.5, 0.6) is 0 Å². The number of nitrogens with zero attached hydrogens (tertiary/aromatic N) is 6. The molecule has 5 heterocycles. The van der Waals surface area contributed by atoms with E-state index in [0.717, 1.165) is 70.8 Å². The van der Waals surface area contributed by atoms with Crippen LogP contribution >= 0.6 is 0 Å². The largest absolute Gasteiger partial charge is 0.379 e. The van der Waals surface area contributed by atoms with E-state index in [1.54, 1.807) is 17.2 Å². The van der Waals surface area contributed by atoms with Gasteiger partial charge >= 0.3 is 0 Å². The molecule has 0 bridgehead atoms. The fraction of sp³-hybridized carbons (Fsp3) is 0.632. The van der Waals surface area contributed by atoms with Gasteiger partial charge in [-0.3, -0.25) is 0 Å². The molecular weight excluding hydrogens is 344 g/mol. The highest BCUT2D eigenvalue weighted by Gasteiger charge is 2.40. The average Bonchev–Trinajstić information content (AvgIpc) is 3.36. The van der Waals surface area contributed by atoms with Gasteiger partial charge in [-0.1, -0.05) is 0 Å². The third-order valence-electron chi connectivity index (χ3n) is 5.86. The van der Waals surface area contributed by atoms with Gasteiger partial charge in [0, 0.05) is 57.1 Å². The molecule has 2 aromatic heterocycles. The lowest BCUT2D eigenvalue weighted by Gasteiger charge is -2.25. The van der Waals surface area contributed by atoms with Crippen LogP contribution in [0.25, 0.3) is 5.82 Å². The van der Waals surface area contributed by atoms with Gasteiger partial charge in [0.2, 0.25) is 0 Å². The minimum absolute atomic E-state index is 0.501. The minimum Gasteiger partial charge on any atom is -0.379 e. The minimum atomic E-state index is 0.501. The summed E-state index contributed by atoms with van der Waals surface area (Å²) < 4.78 is 13.1. The lowest BCUT2D eigenvalue weighted by molar-refractivity contribution is 0.103. The lowest BCUT2D eigenvalue weighted by atomic mass is 10.0. The van der Waals surface area contributed by atoms with Crippen LogP contribution in [-0.4, -0.2) is 83.8 Å². The number of fused-ring (bicyclic) bond motifs is 1. The molecule has 144 valence electrons. The van der Waals surface area contributed by atoms with Crippen LogP contribution in [0.1, 0.15) is 0 Å². The first-order valence-electron chi connectivity index (χ1n) is 9.80. The number of ether oxygens (including phenoxy) is 2. The van der Waals surface area contributed by atoms with Gasteiger partial charge in [-0.2, -0.15) is 5.10 Å². The number of anilines is 1. The summed E-state index contributed by atoms with van der Waals surface area (Å²) in [6, 6.07) is 3.94. The Morgan fingerprint density at radius 2 is 1.70 bits per heavy atom. The van der Waals surface area contributed by atoms with E-state index in [9.17, 15) is 0 Å². The highest BCUT2D eigenvalue weighted by molar-refractivity contribution is 5.44. The van der Waals surface area contributed by atoms with Crippen molar-refractivity contribution in [2.24, 2.45) is 17.8 Å². The number of hydrogen-bond donors (Lipinski definition) is 0. The van der Waals surface area contributed by atoms with Crippen molar-refractivity contribution in [1.29, 1.82) is 0 Å². The van der Waals surface area contributed by atoms with Gasteiger partial charge in [-0.25, -0.2) is 14.6 Å². The molecule has 0 spiro atoms. The summed E-state index contributed by atoms with van der Waals surface area (Å²) in [7, 11) is 0. The number of rotatable bonds is 4. The van der Waals surface area contributed by atoms with Crippen LogP contribution in [0.4, 0.5) is 5.82 Å². The van der Waals surface area contributed by atoms with Gasteiger partial charge in [-0.05, 0) is 17.9 Å². The molecule has 5 rings (SSSR count). The monoisotopic (exact) mass is 370 g/mol. The van der Waals surface area contributed by atoms with E-state index >= 15 is 0 Å². The Morgan fingerprint density at radius 1 is 0.963 bits per heavy atom. The maximum Gasteiger partial charge on any atom is 0.158 e. The van der Waals surface area contributed by atoms with E-state index in [1.807, 2.05) is 18.3 Å². The van der Waals surface area contributed by atoms with Gasteiger partial charge in [0.1, 0.15) is 12.1 Å². The molecule has 0 saturated carbocycles. The molecule has 2 unspecified atom stereocenters. The molecule has 3 fully saturated rings. The molecule has 8 nitrogen and oxygen atoms in total. The van der Waals surface area contributed by atoms with Crippen LogP contribution in [0.2, 0.25) is 0 Å². The van der Waals surface area contributed by atoms with Crippen LogP contribution in [0, 0.1) is 17.8 Å². The standard InChI is InChI=1S/C19H26N6O2/c1-2-22-25(3-1)19-6-18(20-14-21-19)24-10-16-8-23(9-17(16)11-24)7-15-12-26-4-5-27-13-15/h1-3,6,14-17H,4-5,7-13H2. The lowest BCUT2D eigenvalue weighted by Crippen LogP contribution is -2.34. The number of hydrogen-bond acceptors (Lipinski definition) is 7. The van der Waals surface area contributed by atoms with Crippen molar-refractivity contribution >= 4 is 5.82 Å². The maximum absolute atomic E-state index is 5.65. The second-order valence-corrected chi connectivity index (χ2v) is 7.84. The highest BCUT2D eigenvalue weighted by Crippen LogP contribution is 2.33. The first-order chi connectivity index (χ1) is 13.3. The van der Waals surface area contributed by atoms with Crippen molar-refractivity contribution < 1.29 is 9.47 Å². The zero-order valence-corrected chi connectivity index (χ0v) is 15.5. The van der Waals surface area contributed by atoms with E-state index in [0.29, 0.717) is 17.8 Å². The van der Waals surface area contributed by atoms with E-state index in [4.69, 9.17) is 9.47 Å². The quantitative estimate of drug-likeness (QED) is 0.784. The molecule has 3 saturated heterocycles. The molecule has 0 N–H and O–H groups in total. The predicted molar refractivity (Wildman–Crippen MR) is 99.9 cm³/mol. The molecule has 3 aliphatic rings. The van der Waals surface area contributed by atoms with Crippen molar-refractivity contribution in [3.8, 4) is 5.82 Å². The molecule has 0 radical (unpaired) electrons. The second-order valence-electron chi connectivity index (χ2n) is 7.84. The smallest absolute Gasteiger partial charge is 0.158 e. The fourth-order valence-corrected chi connectivity index (χ4v) is 4.60. The zero-order valence-electron chi connectivity index (χ0n) is 15.5. The van der Waals surface area contributed by atoms with Crippen molar-refractivity contribution in [2.45, 2.75) is 0 Å². The van der Waals surface area contributed by atoms with Gasteiger partial charge < -0.3 is 19.3 Å². The Labute approximate surface area is 159 Å². The molecule has 8 heteroatoms. The Hall–Kier alpha value is -2.03. The summed E-state index contributed by atoms with van der Waals surface area (Å²) in [5.74, 6) is 3.74. The maximum atomic E-state index is 5.65. The average molecular weight is 370 g/mol. The topological polar surface area (TPSA) is 68.5 Å². The van der Waals surface area contributed by atoms with Crippen LogP contribution in [0.3, 0.4) is 0 Å². The Balaban J connectivity index is 1.19. The van der Waals surface area contributed by atoms with Gasteiger partial charge in [0.15, 0.2) is 5.82 Å². The summed E-state index contributed by atoms with van der Waals surface area (Å²) >= 11 is 0. The molecule has 3 aliphatic heterocycles. The van der Waals surface area contributed by atoms with Crippen LogP contribution < -0.4 is 4.90 Å². The molecule has 0 amide bonds. The van der Waals surface area contributed by atoms with E-state index in [-0.39, 0.29) is 0 Å². The third-order valence-corrected chi connectivity index (χ3v) is 5.86. The third kappa shape index (κ3) is 3.69. The van der Waals surface area contributed by atoms with E-state index in [1.165, 1.54) is 0 Å². The SMILES string of the molecule is c1cnn(-c2cc(N3CC4CN(CC5COCCOC5)CC4C3)ncn2)c1. The Kier molecular flexibility index (Phi) is 4.77. The molecule has 2 aromatic rings. The fourth-order valence-electron chi connectivity index (χ4n) is 4.60. The molecule has 27 heavy (non-hydrogen) atoms. The van der Waals surface area contributed by atoms with Crippen molar-refractivity contribution in [2.75, 3.05) is 64.1 Å². The molecular formula is C19H26N6O2. The first-order valence-corrected chi connectivity index (χ1v) is 9.80. The van der Waals surface area contributed by atoms with Crippen molar-refractivity contribution in [1.82, 2.24) is 24.6 Å². The predicted octanol–water partition coefficient (Wildman–Crippen LogP) is 0.693. The number of aromatic nitrogens is 4. The Bertz CT molecular complexity index is 732. The molecule has 2 atom stereocenters. The van der Waals surface area contributed by atoms with E-state index in [2.05, 4.69) is 24.9 Å². The van der Waals surface area contributed by atoms with E-state index < -0.39 is 0 Å². The molecule has 0 aromatic carbocycles. The van der Waals surface area contributed by atoms with Crippen molar-refractivity contribution in [3.05, 3.63) is 30.9 Å². The molecule has 0 aliphatic carbocycles. The van der Waals surface area contributed by atoms with Crippen molar-refractivity contribution in [3.63, 3.8) is 0 Å². The summed E-state index contributed by atoms with van der Waals surface area (Å²) in [5.41, 5.74) is 0.